The van der Waals surface area contributed by atoms with E-state index >= 15 is 0 Å². The molecule has 0 aromatic carbocycles. The molecule has 1 aromatic rings. The topological polar surface area (TPSA) is 35.0 Å². The van der Waals surface area contributed by atoms with Gasteiger partial charge in [0.05, 0.1) is 18.4 Å². The van der Waals surface area contributed by atoms with E-state index in [0.29, 0.717) is 6.61 Å². The highest BCUT2D eigenvalue weighted by Crippen LogP contribution is 2.03. The summed E-state index contributed by atoms with van der Waals surface area (Å²) >= 11 is 5.58. The maximum absolute atomic E-state index is 5.58. The fraction of sp³-hybridized carbons (Fsp3) is 0.500. The van der Waals surface area contributed by atoms with Crippen molar-refractivity contribution >= 4 is 11.6 Å². The van der Waals surface area contributed by atoms with E-state index in [0.717, 1.165) is 5.69 Å². The second-order valence-electron chi connectivity index (χ2n) is 2.68. The van der Waals surface area contributed by atoms with Crippen LogP contribution < -0.4 is 0 Å². The molecule has 0 aliphatic heterocycles. The molecule has 1 heterocycles. The highest BCUT2D eigenvalue weighted by Gasteiger charge is 1.98. The quantitative estimate of drug-likeness (QED) is 0.678. The van der Waals surface area contributed by atoms with Crippen LogP contribution in [-0.4, -0.2) is 16.1 Å². The summed E-state index contributed by atoms with van der Waals surface area (Å²) in [6.45, 7) is 4.44. The first kappa shape index (κ1) is 9.42. The van der Waals surface area contributed by atoms with Crippen molar-refractivity contribution in [3.05, 3.63) is 23.2 Å². The van der Waals surface area contributed by atoms with Gasteiger partial charge in [-0.05, 0) is 31.5 Å². The van der Waals surface area contributed by atoms with Crippen LogP contribution in [0.3, 0.4) is 0 Å². The van der Waals surface area contributed by atoms with Crippen molar-refractivity contribution in [3.8, 4) is 0 Å². The molecule has 66 valence electrons. The predicted octanol–water partition coefficient (Wildman–Crippen LogP) is 2.05. The molecule has 0 unspecified atom stereocenters. The van der Waals surface area contributed by atoms with Crippen LogP contribution in [0.2, 0.25) is 5.28 Å². The van der Waals surface area contributed by atoms with Crippen molar-refractivity contribution in [2.75, 3.05) is 0 Å². The summed E-state index contributed by atoms with van der Waals surface area (Å²) in [6, 6.07) is 1.79. The van der Waals surface area contributed by atoms with E-state index in [-0.39, 0.29) is 11.4 Å². The molecule has 0 bridgehead atoms. The molecule has 12 heavy (non-hydrogen) atoms. The highest BCUT2D eigenvalue weighted by molar-refractivity contribution is 6.28. The van der Waals surface area contributed by atoms with Crippen LogP contribution in [-0.2, 0) is 11.3 Å². The van der Waals surface area contributed by atoms with E-state index < -0.39 is 0 Å². The molecule has 0 saturated carbocycles. The Morgan fingerprint density at radius 2 is 2.33 bits per heavy atom. The van der Waals surface area contributed by atoms with E-state index in [2.05, 4.69) is 9.97 Å². The van der Waals surface area contributed by atoms with E-state index in [9.17, 15) is 0 Å². The van der Waals surface area contributed by atoms with Gasteiger partial charge in [-0.25, -0.2) is 9.97 Å². The third kappa shape index (κ3) is 3.15. The van der Waals surface area contributed by atoms with Crippen LogP contribution in [0.25, 0.3) is 0 Å². The van der Waals surface area contributed by atoms with Crippen LogP contribution in [0.5, 0.6) is 0 Å². The lowest BCUT2D eigenvalue weighted by Gasteiger charge is -2.05. The van der Waals surface area contributed by atoms with Crippen molar-refractivity contribution in [2.24, 2.45) is 0 Å². The minimum atomic E-state index is 0.207. The lowest BCUT2D eigenvalue weighted by Crippen LogP contribution is -2.03. The molecule has 3 nitrogen and oxygen atoms in total. The van der Waals surface area contributed by atoms with Gasteiger partial charge in [0.1, 0.15) is 0 Å². The minimum absolute atomic E-state index is 0.207. The Bertz CT molecular complexity index is 253. The zero-order valence-electron chi connectivity index (χ0n) is 7.12. The molecule has 0 atom stereocenters. The molecule has 0 spiro atoms. The number of ether oxygens (including phenoxy) is 1. The summed E-state index contributed by atoms with van der Waals surface area (Å²) in [5, 5.41) is 0.264. The summed E-state index contributed by atoms with van der Waals surface area (Å²) < 4.78 is 5.33. The Labute approximate surface area is 76.7 Å². The molecule has 0 aliphatic rings. The number of rotatable bonds is 3. The van der Waals surface area contributed by atoms with Gasteiger partial charge in [0.25, 0.3) is 0 Å². The first-order valence-corrected chi connectivity index (χ1v) is 4.15. The van der Waals surface area contributed by atoms with Gasteiger partial charge in [0.2, 0.25) is 5.28 Å². The number of hydrogen-bond donors (Lipinski definition) is 0. The Kier molecular flexibility index (Phi) is 3.44. The van der Waals surface area contributed by atoms with E-state index in [1.807, 2.05) is 13.8 Å². The summed E-state index contributed by atoms with van der Waals surface area (Å²) in [5.74, 6) is 0. The Hall–Kier alpha value is -0.670. The standard InChI is InChI=1S/C8H11ClN2O/c1-6(2)12-5-7-3-4-10-8(9)11-7/h3-4,6H,5H2,1-2H3. The van der Waals surface area contributed by atoms with E-state index in [1.54, 1.807) is 12.3 Å². The SMILES string of the molecule is CC(C)OCc1ccnc(Cl)n1. The van der Waals surface area contributed by atoms with Gasteiger partial charge in [0.15, 0.2) is 0 Å². The minimum Gasteiger partial charge on any atom is -0.373 e. The molecule has 0 fully saturated rings. The summed E-state index contributed by atoms with van der Waals surface area (Å²) in [5.41, 5.74) is 0.809. The van der Waals surface area contributed by atoms with Gasteiger partial charge in [0, 0.05) is 6.20 Å². The molecule has 0 aliphatic carbocycles. The number of halogens is 1. The molecule has 0 radical (unpaired) electrons. The smallest absolute Gasteiger partial charge is 0.222 e. The number of aromatic nitrogens is 2. The first-order chi connectivity index (χ1) is 5.68. The van der Waals surface area contributed by atoms with Gasteiger partial charge < -0.3 is 4.74 Å². The second kappa shape index (κ2) is 4.38. The molecular weight excluding hydrogens is 176 g/mol. The highest BCUT2D eigenvalue weighted by atomic mass is 35.5. The van der Waals surface area contributed by atoms with Crippen molar-refractivity contribution < 1.29 is 4.74 Å². The van der Waals surface area contributed by atoms with Gasteiger partial charge in [-0.2, -0.15) is 0 Å². The maximum atomic E-state index is 5.58. The molecule has 4 heteroatoms. The fourth-order valence-corrected chi connectivity index (χ4v) is 0.867. The van der Waals surface area contributed by atoms with Crippen LogP contribution >= 0.6 is 11.6 Å². The van der Waals surface area contributed by atoms with E-state index in [1.165, 1.54) is 0 Å². The largest absolute Gasteiger partial charge is 0.373 e. The number of nitrogens with zero attached hydrogens (tertiary/aromatic N) is 2. The molecule has 1 aromatic heterocycles. The van der Waals surface area contributed by atoms with Crippen molar-refractivity contribution in [2.45, 2.75) is 26.6 Å². The Balaban J connectivity index is 2.52. The fourth-order valence-electron chi connectivity index (χ4n) is 0.702. The third-order valence-electron chi connectivity index (χ3n) is 1.25. The van der Waals surface area contributed by atoms with Crippen LogP contribution in [0.4, 0.5) is 0 Å². The monoisotopic (exact) mass is 186 g/mol. The molecule has 1 rings (SSSR count). The van der Waals surface area contributed by atoms with Crippen molar-refractivity contribution in [3.63, 3.8) is 0 Å². The molecule has 0 saturated heterocycles. The Morgan fingerprint density at radius 1 is 1.58 bits per heavy atom. The predicted molar refractivity (Wildman–Crippen MR) is 47.0 cm³/mol. The molecular formula is C8H11ClN2O. The van der Waals surface area contributed by atoms with Crippen LogP contribution in [0.15, 0.2) is 12.3 Å². The lowest BCUT2D eigenvalue weighted by atomic mass is 10.4. The maximum Gasteiger partial charge on any atom is 0.222 e. The van der Waals surface area contributed by atoms with Gasteiger partial charge in [-0.15, -0.1) is 0 Å². The third-order valence-corrected chi connectivity index (χ3v) is 1.43. The normalized spacial score (nSPS) is 10.7. The van der Waals surface area contributed by atoms with Gasteiger partial charge in [-0.3, -0.25) is 0 Å². The van der Waals surface area contributed by atoms with Gasteiger partial charge >= 0.3 is 0 Å². The first-order valence-electron chi connectivity index (χ1n) is 3.77. The van der Waals surface area contributed by atoms with Crippen LogP contribution in [0, 0.1) is 0 Å². The zero-order chi connectivity index (χ0) is 8.97. The summed E-state index contributed by atoms with van der Waals surface area (Å²) in [6.07, 6.45) is 1.83. The van der Waals surface area contributed by atoms with Crippen molar-refractivity contribution in [1.82, 2.24) is 9.97 Å². The van der Waals surface area contributed by atoms with E-state index in [4.69, 9.17) is 16.3 Å². The second-order valence-corrected chi connectivity index (χ2v) is 3.01. The molecule has 0 N–H and O–H groups in total. The Morgan fingerprint density at radius 3 is 2.92 bits per heavy atom. The lowest BCUT2D eigenvalue weighted by molar-refractivity contribution is 0.0635. The van der Waals surface area contributed by atoms with Crippen molar-refractivity contribution in [1.29, 1.82) is 0 Å². The van der Waals surface area contributed by atoms with Crippen LogP contribution in [0.1, 0.15) is 19.5 Å². The average molecular weight is 187 g/mol. The zero-order valence-corrected chi connectivity index (χ0v) is 7.88. The summed E-state index contributed by atoms with van der Waals surface area (Å²) in [4.78, 5) is 7.74. The number of hydrogen-bond acceptors (Lipinski definition) is 3. The summed E-state index contributed by atoms with van der Waals surface area (Å²) in [7, 11) is 0. The average Bonchev–Trinajstić information content (AvgIpc) is 2.01. The van der Waals surface area contributed by atoms with Gasteiger partial charge in [-0.1, -0.05) is 0 Å². The molecule has 0 amide bonds.